The Bertz CT molecular complexity index is 1820. The van der Waals surface area contributed by atoms with Gasteiger partial charge in [-0.3, -0.25) is 10.1 Å². The zero-order valence-corrected chi connectivity index (χ0v) is 25.6. The van der Waals surface area contributed by atoms with Gasteiger partial charge in [-0.1, -0.05) is 90.1 Å². The van der Waals surface area contributed by atoms with Gasteiger partial charge in [-0.05, 0) is 64.7 Å². The number of hydrogen-bond donors (Lipinski definition) is 1. The smallest absolute Gasteiger partial charge is 0.151 e. The first kappa shape index (κ1) is 26.3. The van der Waals surface area contributed by atoms with E-state index in [0.717, 1.165) is 17.0 Å². The molecule has 6 rings (SSSR count). The Morgan fingerprint density at radius 1 is 0.700 bits per heavy atom. The molecule has 1 N–H and O–H groups in total. The second-order valence-electron chi connectivity index (χ2n) is 13.0. The molecule has 3 heterocycles. The number of aromatic amines is 1. The standard InChI is InChI=1S/C35H38N4Si/c1-24-21-30(38-37-24)25-18-19-29-28-15-8-9-16-31(28)39(32(29)22-25)26-13-12-14-27(23-26)40(34(2,3)4,35(5,6)7)33-17-10-11-20-36-33/h8-23H,1-7H3,(H,37,38). The van der Waals surface area contributed by atoms with Gasteiger partial charge >= 0.3 is 0 Å². The molecule has 0 bridgehead atoms. The van der Waals surface area contributed by atoms with E-state index in [4.69, 9.17) is 4.98 Å². The van der Waals surface area contributed by atoms with Crippen LogP contribution >= 0.6 is 0 Å². The first-order valence-corrected chi connectivity index (χ1v) is 16.1. The highest BCUT2D eigenvalue weighted by Gasteiger charge is 2.56. The van der Waals surface area contributed by atoms with Crippen molar-refractivity contribution in [3.8, 4) is 16.9 Å². The SMILES string of the molecule is Cc1cc(-c2ccc3c4ccccc4n(-c4cccc([Si](c5ccccn5)(C(C)(C)C)C(C)(C)C)c4)c3c2)n[nH]1. The highest BCUT2D eigenvalue weighted by atomic mass is 28.3. The molecule has 0 unspecified atom stereocenters. The fraction of sp³-hybridized carbons (Fsp3) is 0.257. The minimum absolute atomic E-state index is 0.0318. The molecule has 0 fully saturated rings. The summed E-state index contributed by atoms with van der Waals surface area (Å²) in [7, 11) is -2.43. The molecular weight excluding hydrogens is 504 g/mol. The zero-order chi connectivity index (χ0) is 28.3. The first-order chi connectivity index (χ1) is 19.0. The van der Waals surface area contributed by atoms with Gasteiger partial charge in [0.25, 0.3) is 0 Å². The van der Waals surface area contributed by atoms with Gasteiger partial charge in [-0.15, -0.1) is 0 Å². The van der Waals surface area contributed by atoms with E-state index in [1.54, 1.807) is 0 Å². The van der Waals surface area contributed by atoms with E-state index in [-0.39, 0.29) is 10.1 Å². The fourth-order valence-electron chi connectivity index (χ4n) is 7.34. The van der Waals surface area contributed by atoms with E-state index in [0.29, 0.717) is 0 Å². The summed E-state index contributed by atoms with van der Waals surface area (Å²) in [4.78, 5) is 5.04. The Labute approximate surface area is 238 Å². The van der Waals surface area contributed by atoms with Crippen LogP contribution in [0.3, 0.4) is 0 Å². The maximum absolute atomic E-state index is 5.04. The summed E-state index contributed by atoms with van der Waals surface area (Å²) in [5.74, 6) is 0. The Kier molecular flexibility index (Phi) is 6.11. The van der Waals surface area contributed by atoms with E-state index in [1.807, 2.05) is 19.2 Å². The largest absolute Gasteiger partial charge is 0.309 e. The van der Waals surface area contributed by atoms with Crippen molar-refractivity contribution in [1.82, 2.24) is 19.7 Å². The molecule has 0 radical (unpaired) electrons. The van der Waals surface area contributed by atoms with Gasteiger partial charge in [0.15, 0.2) is 8.07 Å². The molecule has 5 heteroatoms. The van der Waals surface area contributed by atoms with Crippen molar-refractivity contribution >= 4 is 40.4 Å². The summed E-state index contributed by atoms with van der Waals surface area (Å²) in [6.07, 6.45) is 1.96. The number of aryl methyl sites for hydroxylation is 1. The van der Waals surface area contributed by atoms with Crippen molar-refractivity contribution in [2.45, 2.75) is 58.5 Å². The number of para-hydroxylation sites is 1. The normalized spacial score (nSPS) is 12.9. The second kappa shape index (κ2) is 9.31. The van der Waals surface area contributed by atoms with Gasteiger partial charge in [-0.25, -0.2) is 0 Å². The average molecular weight is 543 g/mol. The number of H-pyrrole nitrogens is 1. The molecule has 0 aliphatic rings. The van der Waals surface area contributed by atoms with Crippen LogP contribution < -0.4 is 10.5 Å². The van der Waals surface area contributed by atoms with E-state index in [1.165, 1.54) is 38.0 Å². The topological polar surface area (TPSA) is 46.5 Å². The van der Waals surface area contributed by atoms with E-state index >= 15 is 0 Å². The van der Waals surface area contributed by atoms with Crippen LogP contribution in [-0.2, 0) is 0 Å². The van der Waals surface area contributed by atoms with E-state index in [9.17, 15) is 0 Å². The van der Waals surface area contributed by atoms with Crippen molar-refractivity contribution in [3.05, 3.63) is 103 Å². The molecule has 0 saturated carbocycles. The number of benzene rings is 3. The summed E-state index contributed by atoms with van der Waals surface area (Å²) in [6, 6.07) is 33.3. The summed E-state index contributed by atoms with van der Waals surface area (Å²) in [5, 5.41) is 12.9. The Hall–Kier alpha value is -3.96. The van der Waals surface area contributed by atoms with Gasteiger partial charge in [0, 0.05) is 39.2 Å². The number of fused-ring (bicyclic) bond motifs is 3. The Balaban J connectivity index is 1.66. The van der Waals surface area contributed by atoms with Gasteiger partial charge in [0.2, 0.25) is 0 Å². The van der Waals surface area contributed by atoms with Crippen molar-refractivity contribution < 1.29 is 0 Å². The molecule has 3 aromatic heterocycles. The molecule has 3 aromatic carbocycles. The quantitative estimate of drug-likeness (QED) is 0.229. The van der Waals surface area contributed by atoms with Crippen molar-refractivity contribution in [2.24, 2.45) is 0 Å². The van der Waals surface area contributed by atoms with Crippen LogP contribution in [0.15, 0.2) is 97.2 Å². The monoisotopic (exact) mass is 542 g/mol. The number of pyridine rings is 1. The van der Waals surface area contributed by atoms with Crippen molar-refractivity contribution in [2.75, 3.05) is 0 Å². The van der Waals surface area contributed by atoms with Crippen LogP contribution in [0.1, 0.15) is 47.2 Å². The summed E-state index contributed by atoms with van der Waals surface area (Å²) in [5.41, 5.74) is 6.71. The third kappa shape index (κ3) is 3.95. The van der Waals surface area contributed by atoms with Crippen molar-refractivity contribution in [1.29, 1.82) is 0 Å². The lowest BCUT2D eigenvalue weighted by Crippen LogP contribution is -2.70. The predicted molar refractivity (Wildman–Crippen MR) is 172 cm³/mol. The average Bonchev–Trinajstić information content (AvgIpc) is 3.49. The highest BCUT2D eigenvalue weighted by Crippen LogP contribution is 2.50. The molecule has 40 heavy (non-hydrogen) atoms. The van der Waals surface area contributed by atoms with Gasteiger partial charge in [-0.2, -0.15) is 5.10 Å². The van der Waals surface area contributed by atoms with Crippen LogP contribution in [0.4, 0.5) is 0 Å². The Morgan fingerprint density at radius 3 is 2.10 bits per heavy atom. The molecule has 0 aliphatic heterocycles. The minimum atomic E-state index is -2.43. The molecule has 6 aromatic rings. The lowest BCUT2D eigenvalue weighted by Gasteiger charge is -2.51. The lowest BCUT2D eigenvalue weighted by atomic mass is 10.1. The number of hydrogen-bond acceptors (Lipinski definition) is 2. The fourth-order valence-corrected chi connectivity index (χ4v) is 14.5. The second-order valence-corrected chi connectivity index (χ2v) is 18.6. The molecule has 0 atom stereocenters. The summed E-state index contributed by atoms with van der Waals surface area (Å²) >= 11 is 0. The van der Waals surface area contributed by atoms with E-state index < -0.39 is 8.07 Å². The molecule has 202 valence electrons. The number of nitrogens with one attached hydrogen (secondary N) is 1. The molecule has 0 spiro atoms. The third-order valence-corrected chi connectivity index (χ3v) is 15.3. The van der Waals surface area contributed by atoms with Crippen LogP contribution in [0.5, 0.6) is 0 Å². The van der Waals surface area contributed by atoms with E-state index in [2.05, 4.69) is 141 Å². The third-order valence-electron chi connectivity index (χ3n) is 8.51. The number of nitrogens with zero attached hydrogens (tertiary/aromatic N) is 3. The first-order valence-electron chi connectivity index (χ1n) is 14.1. The molecule has 0 amide bonds. The molecule has 0 saturated heterocycles. The lowest BCUT2D eigenvalue weighted by molar-refractivity contribution is 0.635. The zero-order valence-electron chi connectivity index (χ0n) is 24.6. The Morgan fingerprint density at radius 2 is 1.43 bits per heavy atom. The highest BCUT2D eigenvalue weighted by molar-refractivity contribution is 7.05. The molecular formula is C35H38N4Si. The maximum atomic E-state index is 5.04. The molecule has 4 nitrogen and oxygen atoms in total. The van der Waals surface area contributed by atoms with Gasteiger partial charge < -0.3 is 4.57 Å². The van der Waals surface area contributed by atoms with Crippen LogP contribution in [0.2, 0.25) is 10.1 Å². The number of rotatable bonds is 4. The number of aromatic nitrogens is 4. The summed E-state index contributed by atoms with van der Waals surface area (Å²) in [6.45, 7) is 16.5. The van der Waals surface area contributed by atoms with Gasteiger partial charge in [0.05, 0.1) is 16.7 Å². The van der Waals surface area contributed by atoms with Crippen LogP contribution in [0, 0.1) is 6.92 Å². The predicted octanol–water partition coefficient (Wildman–Crippen LogP) is 8.04. The maximum Gasteiger partial charge on any atom is 0.151 e. The van der Waals surface area contributed by atoms with Crippen LogP contribution in [-0.4, -0.2) is 27.8 Å². The van der Waals surface area contributed by atoms with Crippen LogP contribution in [0.25, 0.3) is 38.8 Å². The molecule has 0 aliphatic carbocycles. The van der Waals surface area contributed by atoms with Gasteiger partial charge in [0.1, 0.15) is 0 Å². The van der Waals surface area contributed by atoms with Crippen molar-refractivity contribution in [3.63, 3.8) is 0 Å². The summed E-state index contributed by atoms with van der Waals surface area (Å²) < 4.78 is 2.43. The minimum Gasteiger partial charge on any atom is -0.309 e.